The number of nitrogens with zero attached hydrogens (tertiary/aromatic N) is 4. The Morgan fingerprint density at radius 2 is 2.03 bits per heavy atom. The van der Waals surface area contributed by atoms with Crippen LogP contribution < -0.4 is 5.84 Å². The number of benzene rings is 1. The number of aryl methyl sites for hydroxylation is 1. The molecule has 30 heavy (non-hydrogen) atoms. The van der Waals surface area contributed by atoms with Crippen molar-refractivity contribution in [3.8, 4) is 0 Å². The number of non-ortho nitro benzene ring substituents is 1. The van der Waals surface area contributed by atoms with Crippen LogP contribution in [0.3, 0.4) is 0 Å². The number of carbonyl (C=O) groups excluding carboxylic acids is 1. The molecule has 1 aliphatic heterocycles. The van der Waals surface area contributed by atoms with Crippen LogP contribution in [0.15, 0.2) is 23.2 Å². The third kappa shape index (κ3) is 4.70. The lowest BCUT2D eigenvalue weighted by Crippen LogP contribution is -2.58. The van der Waals surface area contributed by atoms with Gasteiger partial charge < -0.3 is 4.74 Å². The highest BCUT2D eigenvalue weighted by Crippen LogP contribution is 2.36. The van der Waals surface area contributed by atoms with E-state index in [0.29, 0.717) is 22.6 Å². The van der Waals surface area contributed by atoms with Crippen LogP contribution in [0.1, 0.15) is 45.7 Å². The molecule has 0 fully saturated rings. The van der Waals surface area contributed by atoms with E-state index in [1.54, 1.807) is 33.8 Å². The lowest BCUT2D eigenvalue weighted by Gasteiger charge is -2.38. The molecule has 0 saturated carbocycles. The van der Waals surface area contributed by atoms with E-state index in [1.165, 1.54) is 19.2 Å². The van der Waals surface area contributed by atoms with Gasteiger partial charge in [-0.1, -0.05) is 13.0 Å². The van der Waals surface area contributed by atoms with Crippen molar-refractivity contribution in [3.05, 3.63) is 39.4 Å². The van der Waals surface area contributed by atoms with Gasteiger partial charge in [0, 0.05) is 19.2 Å². The van der Waals surface area contributed by atoms with E-state index in [0.717, 1.165) is 4.31 Å². The van der Waals surface area contributed by atoms with E-state index in [1.807, 2.05) is 6.92 Å². The van der Waals surface area contributed by atoms with E-state index in [-0.39, 0.29) is 11.6 Å². The molecule has 11 nitrogen and oxygen atoms in total. The molecular formula is C18H27N5O6S. The van der Waals surface area contributed by atoms with Crippen LogP contribution in [0.25, 0.3) is 0 Å². The summed E-state index contributed by atoms with van der Waals surface area (Å²) in [5.41, 5.74) is -1.37. The summed E-state index contributed by atoms with van der Waals surface area (Å²) in [6.07, 6.45) is -0.482. The second-order valence-electron chi connectivity index (χ2n) is 8.21. The van der Waals surface area contributed by atoms with E-state index in [2.05, 4.69) is 4.99 Å². The van der Waals surface area contributed by atoms with Gasteiger partial charge in [-0.15, -0.1) is 0 Å². The number of amides is 1. The van der Waals surface area contributed by atoms with Crippen LogP contribution in [0.4, 0.5) is 10.5 Å². The number of hydrogen-bond donors (Lipinski definition) is 1. The summed E-state index contributed by atoms with van der Waals surface area (Å²) in [4.78, 5) is 27.6. The molecule has 166 valence electrons. The fraction of sp³-hybridized carbons (Fsp3) is 0.556. The number of carbonyl (C=O) groups is 1. The van der Waals surface area contributed by atoms with Gasteiger partial charge in [0.25, 0.3) is 5.69 Å². The first-order valence-electron chi connectivity index (χ1n) is 9.23. The SMILES string of the molecule is CCc1ccc([N+](=O)[O-])cc1[C@]1(C)CS(=O)(=O)N(C)C(N(N)C(=O)OC(C)(C)C)=N1. The maximum Gasteiger partial charge on any atom is 0.431 e. The maximum atomic E-state index is 12.9. The van der Waals surface area contributed by atoms with Crippen LogP contribution in [0.2, 0.25) is 0 Å². The van der Waals surface area contributed by atoms with Crippen LogP contribution in [-0.4, -0.2) is 53.1 Å². The Bertz CT molecular complexity index is 1000. The van der Waals surface area contributed by atoms with Gasteiger partial charge in [0.2, 0.25) is 16.0 Å². The van der Waals surface area contributed by atoms with Gasteiger partial charge in [-0.3, -0.25) is 10.1 Å². The standard InChI is InChI=1S/C18H27N5O6S/c1-7-12-8-9-13(23(25)26)10-14(12)18(5)11-30(27,28)21(6)15(20-18)22(19)16(24)29-17(2,3)4/h8-10H,7,11,19H2,1-6H3/t18-/m0/s1. The number of nitro benzene ring substituents is 1. The average Bonchev–Trinajstić information content (AvgIpc) is 2.61. The number of aliphatic imine (C=N–C) groups is 1. The first-order valence-corrected chi connectivity index (χ1v) is 10.8. The molecule has 0 unspecified atom stereocenters. The second-order valence-corrected chi connectivity index (χ2v) is 10.2. The molecule has 0 aliphatic carbocycles. The molecule has 0 spiro atoms. The third-order valence-electron chi connectivity index (χ3n) is 4.58. The molecule has 1 atom stereocenters. The van der Waals surface area contributed by atoms with Crippen LogP contribution in [0.5, 0.6) is 0 Å². The molecule has 1 aliphatic rings. The highest BCUT2D eigenvalue weighted by molar-refractivity contribution is 7.89. The zero-order chi connectivity index (χ0) is 23.1. The van der Waals surface area contributed by atoms with E-state index < -0.39 is 37.9 Å². The Labute approximate surface area is 175 Å². The fourth-order valence-corrected chi connectivity index (χ4v) is 4.63. The van der Waals surface area contributed by atoms with Crippen LogP contribution >= 0.6 is 0 Å². The second kappa shape index (κ2) is 7.84. The predicted octanol–water partition coefficient (Wildman–Crippen LogP) is 2.11. The molecule has 1 amide bonds. The molecule has 2 N–H and O–H groups in total. The highest BCUT2D eigenvalue weighted by atomic mass is 32.2. The number of rotatable bonds is 3. The van der Waals surface area contributed by atoms with Crippen LogP contribution in [-0.2, 0) is 26.7 Å². The zero-order valence-electron chi connectivity index (χ0n) is 17.9. The smallest absolute Gasteiger partial charge is 0.431 e. The lowest BCUT2D eigenvalue weighted by molar-refractivity contribution is -0.385. The molecule has 0 bridgehead atoms. The number of hydrazine groups is 1. The molecule has 0 radical (unpaired) electrons. The van der Waals surface area contributed by atoms with Crippen molar-refractivity contribution in [2.24, 2.45) is 10.8 Å². The average molecular weight is 442 g/mol. The maximum absolute atomic E-state index is 12.9. The van der Waals surface area contributed by atoms with Crippen molar-refractivity contribution in [1.82, 2.24) is 9.31 Å². The Morgan fingerprint density at radius 1 is 1.43 bits per heavy atom. The summed E-state index contributed by atoms with van der Waals surface area (Å²) >= 11 is 0. The third-order valence-corrected chi connectivity index (χ3v) is 6.50. The van der Waals surface area contributed by atoms with Crippen molar-refractivity contribution in [1.29, 1.82) is 0 Å². The number of ether oxygens (including phenoxy) is 1. The fourth-order valence-electron chi connectivity index (χ4n) is 3.12. The van der Waals surface area contributed by atoms with Gasteiger partial charge in [0.1, 0.15) is 11.1 Å². The Balaban J connectivity index is 2.66. The van der Waals surface area contributed by atoms with Crippen molar-refractivity contribution >= 4 is 27.8 Å². The number of guanidine groups is 1. The van der Waals surface area contributed by atoms with Crippen molar-refractivity contribution in [2.45, 2.75) is 52.2 Å². The van der Waals surface area contributed by atoms with Crippen molar-refractivity contribution < 1.29 is 22.9 Å². The number of nitrogens with two attached hydrogens (primary N) is 1. The Hall–Kier alpha value is -2.73. The summed E-state index contributed by atoms with van der Waals surface area (Å²) in [6, 6.07) is 4.25. The largest absolute Gasteiger partial charge is 0.442 e. The van der Waals surface area contributed by atoms with E-state index in [4.69, 9.17) is 10.6 Å². The van der Waals surface area contributed by atoms with E-state index in [9.17, 15) is 23.3 Å². The minimum Gasteiger partial charge on any atom is -0.442 e. The number of hydrogen-bond acceptors (Lipinski definition) is 8. The van der Waals surface area contributed by atoms with E-state index >= 15 is 0 Å². The molecule has 0 saturated heterocycles. The molecule has 1 heterocycles. The summed E-state index contributed by atoms with van der Waals surface area (Å²) in [6.45, 7) is 8.31. The minimum absolute atomic E-state index is 0.187. The Kier molecular flexibility index (Phi) is 6.15. The van der Waals surface area contributed by atoms with Crippen LogP contribution in [0, 0.1) is 10.1 Å². The molecule has 0 aromatic heterocycles. The van der Waals surface area contributed by atoms with Gasteiger partial charge >= 0.3 is 6.09 Å². The van der Waals surface area contributed by atoms with Gasteiger partial charge in [-0.2, -0.15) is 5.01 Å². The summed E-state index contributed by atoms with van der Waals surface area (Å²) in [7, 11) is -2.72. The Morgan fingerprint density at radius 3 is 2.53 bits per heavy atom. The highest BCUT2D eigenvalue weighted by Gasteiger charge is 2.45. The molecule has 1 aromatic carbocycles. The minimum atomic E-state index is -3.94. The monoisotopic (exact) mass is 441 g/mol. The predicted molar refractivity (Wildman–Crippen MR) is 111 cm³/mol. The number of nitro groups is 1. The van der Waals surface area contributed by atoms with Gasteiger partial charge in [0.15, 0.2) is 0 Å². The lowest BCUT2D eigenvalue weighted by atomic mass is 9.88. The number of sulfonamides is 1. The quantitative estimate of drug-likeness (QED) is 0.327. The van der Waals surface area contributed by atoms with Crippen molar-refractivity contribution in [2.75, 3.05) is 12.8 Å². The normalized spacial score (nSPS) is 21.0. The first kappa shape index (κ1) is 23.5. The molecular weight excluding hydrogens is 414 g/mol. The molecule has 1 aromatic rings. The van der Waals surface area contributed by atoms with Gasteiger partial charge in [-0.05, 0) is 45.2 Å². The topological polar surface area (TPSA) is 148 Å². The van der Waals surface area contributed by atoms with Gasteiger partial charge in [0.05, 0.1) is 10.7 Å². The summed E-state index contributed by atoms with van der Waals surface area (Å²) in [5.74, 6) is 5.08. The molecule has 12 heteroatoms. The van der Waals surface area contributed by atoms with Gasteiger partial charge in [-0.25, -0.2) is 28.4 Å². The summed E-state index contributed by atoms with van der Waals surface area (Å²) in [5, 5.41) is 11.8. The first-order chi connectivity index (χ1) is 13.6. The van der Waals surface area contributed by atoms with Crippen molar-refractivity contribution in [3.63, 3.8) is 0 Å². The molecule has 2 rings (SSSR count). The zero-order valence-corrected chi connectivity index (χ0v) is 18.7. The summed E-state index contributed by atoms with van der Waals surface area (Å²) < 4.78 is 31.8.